The van der Waals surface area contributed by atoms with Crippen molar-refractivity contribution in [3.8, 4) is 5.75 Å². The molecule has 26 heavy (non-hydrogen) atoms. The first-order chi connectivity index (χ1) is 12.6. The molecule has 0 aromatic heterocycles. The van der Waals surface area contributed by atoms with Gasteiger partial charge in [-0.2, -0.15) is 0 Å². The summed E-state index contributed by atoms with van der Waals surface area (Å²) in [7, 11) is 0. The van der Waals surface area contributed by atoms with Crippen LogP contribution in [0.3, 0.4) is 0 Å². The number of phenols is 1. The summed E-state index contributed by atoms with van der Waals surface area (Å²) in [5.74, 6) is -0.213. The number of phenolic OH excluding ortho intramolecular Hbond substituents is 1. The van der Waals surface area contributed by atoms with Gasteiger partial charge in [-0.1, -0.05) is 42.5 Å². The van der Waals surface area contributed by atoms with E-state index in [0.29, 0.717) is 25.1 Å². The second-order valence-electron chi connectivity index (χ2n) is 6.01. The summed E-state index contributed by atoms with van der Waals surface area (Å²) in [6.45, 7) is 0.694. The van der Waals surface area contributed by atoms with Gasteiger partial charge in [-0.15, -0.1) is 0 Å². The van der Waals surface area contributed by atoms with Crippen molar-refractivity contribution in [3.05, 3.63) is 77.9 Å². The highest BCUT2D eigenvalue weighted by molar-refractivity contribution is 5.94. The van der Waals surface area contributed by atoms with Gasteiger partial charge in [0, 0.05) is 18.7 Å². The van der Waals surface area contributed by atoms with Gasteiger partial charge in [-0.05, 0) is 40.6 Å². The fourth-order valence-electron chi connectivity index (χ4n) is 2.69. The molecule has 0 radical (unpaired) electrons. The monoisotopic (exact) mass is 348 g/mol. The van der Waals surface area contributed by atoms with E-state index < -0.39 is 0 Å². The van der Waals surface area contributed by atoms with Gasteiger partial charge in [0.25, 0.3) is 5.91 Å². The molecule has 3 rings (SSSR count). The van der Waals surface area contributed by atoms with Crippen LogP contribution in [-0.4, -0.2) is 30.0 Å². The molecule has 0 atom stereocenters. The van der Waals surface area contributed by atoms with Crippen LogP contribution in [-0.2, 0) is 11.2 Å². The average Bonchev–Trinajstić information content (AvgIpc) is 2.65. The van der Waals surface area contributed by atoms with Crippen LogP contribution < -0.4 is 10.6 Å². The quantitative estimate of drug-likeness (QED) is 0.599. The minimum absolute atomic E-state index is 0.0841. The number of carbonyl (C=O) groups excluding carboxylic acids is 2. The van der Waals surface area contributed by atoms with Crippen molar-refractivity contribution in [1.29, 1.82) is 0 Å². The molecule has 0 bridgehead atoms. The third-order valence-corrected chi connectivity index (χ3v) is 4.04. The molecule has 3 aromatic rings. The van der Waals surface area contributed by atoms with E-state index in [4.69, 9.17) is 0 Å². The second kappa shape index (κ2) is 8.16. The molecule has 2 amide bonds. The number of benzene rings is 3. The van der Waals surface area contributed by atoms with Crippen molar-refractivity contribution in [2.75, 3.05) is 13.1 Å². The maximum atomic E-state index is 12.0. The molecule has 0 aliphatic heterocycles. The Labute approximate surface area is 151 Å². The van der Waals surface area contributed by atoms with Crippen molar-refractivity contribution in [2.45, 2.75) is 6.42 Å². The molecule has 0 heterocycles. The van der Waals surface area contributed by atoms with E-state index in [1.165, 1.54) is 12.1 Å². The Hall–Kier alpha value is -3.34. The summed E-state index contributed by atoms with van der Waals surface area (Å²) in [5, 5.41) is 17.0. The molecule has 5 nitrogen and oxygen atoms in total. The topological polar surface area (TPSA) is 78.4 Å². The first kappa shape index (κ1) is 17.5. The summed E-state index contributed by atoms with van der Waals surface area (Å²) >= 11 is 0. The molecule has 0 spiro atoms. The van der Waals surface area contributed by atoms with Crippen LogP contribution in [0.2, 0.25) is 0 Å². The van der Waals surface area contributed by atoms with Crippen LogP contribution >= 0.6 is 0 Å². The molecule has 0 saturated carbocycles. The van der Waals surface area contributed by atoms with Gasteiger partial charge in [0.05, 0.1) is 6.42 Å². The summed E-state index contributed by atoms with van der Waals surface area (Å²) in [6.07, 6.45) is 0.302. The van der Waals surface area contributed by atoms with Crippen LogP contribution in [0.15, 0.2) is 66.7 Å². The fourth-order valence-corrected chi connectivity index (χ4v) is 2.69. The third kappa shape index (κ3) is 4.60. The molecule has 0 aliphatic carbocycles. The second-order valence-corrected chi connectivity index (χ2v) is 6.01. The lowest BCUT2D eigenvalue weighted by atomic mass is 10.1. The van der Waals surface area contributed by atoms with Gasteiger partial charge < -0.3 is 15.7 Å². The van der Waals surface area contributed by atoms with Gasteiger partial charge in [0.1, 0.15) is 5.75 Å². The molecular formula is C21H20N2O3. The molecule has 3 N–H and O–H groups in total. The molecule has 5 heteroatoms. The van der Waals surface area contributed by atoms with Crippen molar-refractivity contribution in [2.24, 2.45) is 0 Å². The van der Waals surface area contributed by atoms with Crippen LogP contribution in [0.5, 0.6) is 5.75 Å². The Morgan fingerprint density at radius 2 is 1.50 bits per heavy atom. The predicted molar refractivity (Wildman–Crippen MR) is 101 cm³/mol. The number of hydrogen-bond donors (Lipinski definition) is 3. The lowest BCUT2D eigenvalue weighted by Crippen LogP contribution is -2.35. The van der Waals surface area contributed by atoms with Crippen molar-refractivity contribution < 1.29 is 14.7 Å². The Morgan fingerprint density at radius 1 is 0.808 bits per heavy atom. The largest absolute Gasteiger partial charge is 0.508 e. The Balaban J connectivity index is 1.43. The zero-order valence-electron chi connectivity index (χ0n) is 14.2. The number of fused-ring (bicyclic) bond motifs is 1. The SMILES string of the molecule is O=C(Cc1ccc2ccccc2c1)NCCNC(=O)c1ccc(O)cc1. The van der Waals surface area contributed by atoms with Crippen molar-refractivity contribution in [3.63, 3.8) is 0 Å². The average molecular weight is 348 g/mol. The Morgan fingerprint density at radius 3 is 2.27 bits per heavy atom. The highest BCUT2D eigenvalue weighted by atomic mass is 16.3. The zero-order valence-corrected chi connectivity index (χ0v) is 14.2. The Bertz CT molecular complexity index is 920. The Kier molecular flexibility index (Phi) is 5.49. The first-order valence-electron chi connectivity index (χ1n) is 8.43. The number of rotatable bonds is 6. The van der Waals surface area contributed by atoms with E-state index >= 15 is 0 Å². The van der Waals surface area contributed by atoms with E-state index in [0.717, 1.165) is 16.3 Å². The maximum Gasteiger partial charge on any atom is 0.251 e. The van der Waals surface area contributed by atoms with Crippen LogP contribution in [0, 0.1) is 0 Å². The molecule has 3 aromatic carbocycles. The summed E-state index contributed by atoms with van der Waals surface area (Å²) in [4.78, 5) is 24.0. The summed E-state index contributed by atoms with van der Waals surface area (Å²) in [6, 6.07) is 20.0. The van der Waals surface area contributed by atoms with Gasteiger partial charge in [0.2, 0.25) is 5.91 Å². The third-order valence-electron chi connectivity index (χ3n) is 4.04. The number of aromatic hydroxyl groups is 1. The first-order valence-corrected chi connectivity index (χ1v) is 8.43. The van der Waals surface area contributed by atoms with E-state index in [2.05, 4.69) is 10.6 Å². The molecule has 0 saturated heterocycles. The number of hydrogen-bond acceptors (Lipinski definition) is 3. The maximum absolute atomic E-state index is 12.0. The van der Waals surface area contributed by atoms with E-state index in [1.54, 1.807) is 12.1 Å². The highest BCUT2D eigenvalue weighted by Crippen LogP contribution is 2.15. The lowest BCUT2D eigenvalue weighted by Gasteiger charge is -2.08. The number of carbonyl (C=O) groups is 2. The number of nitrogens with one attached hydrogen (secondary N) is 2. The fraction of sp³-hybridized carbons (Fsp3) is 0.143. The van der Waals surface area contributed by atoms with E-state index in [1.807, 2.05) is 42.5 Å². The molecule has 0 unspecified atom stereocenters. The predicted octanol–water partition coefficient (Wildman–Crippen LogP) is 2.63. The summed E-state index contributed by atoms with van der Waals surface area (Å²) < 4.78 is 0. The van der Waals surface area contributed by atoms with E-state index in [9.17, 15) is 14.7 Å². The standard InChI is InChI=1S/C21H20N2O3/c24-19-9-7-17(8-10-19)21(26)23-12-11-22-20(25)14-15-5-6-16-3-1-2-4-18(16)13-15/h1-10,13,24H,11-12,14H2,(H,22,25)(H,23,26). The number of amides is 2. The molecule has 132 valence electrons. The summed E-state index contributed by atoms with van der Waals surface area (Å²) in [5.41, 5.74) is 1.42. The highest BCUT2D eigenvalue weighted by Gasteiger charge is 2.06. The van der Waals surface area contributed by atoms with Crippen LogP contribution in [0.1, 0.15) is 15.9 Å². The molecular weight excluding hydrogens is 328 g/mol. The van der Waals surface area contributed by atoms with Gasteiger partial charge in [0.15, 0.2) is 0 Å². The molecule has 0 aliphatic rings. The van der Waals surface area contributed by atoms with Crippen LogP contribution in [0.4, 0.5) is 0 Å². The zero-order chi connectivity index (χ0) is 18.4. The smallest absolute Gasteiger partial charge is 0.251 e. The normalized spacial score (nSPS) is 10.5. The van der Waals surface area contributed by atoms with Crippen molar-refractivity contribution in [1.82, 2.24) is 10.6 Å². The van der Waals surface area contributed by atoms with Gasteiger partial charge in [-0.3, -0.25) is 9.59 Å². The molecule has 0 fully saturated rings. The van der Waals surface area contributed by atoms with Gasteiger partial charge >= 0.3 is 0 Å². The van der Waals surface area contributed by atoms with Crippen molar-refractivity contribution >= 4 is 22.6 Å². The lowest BCUT2D eigenvalue weighted by molar-refractivity contribution is -0.120. The van der Waals surface area contributed by atoms with E-state index in [-0.39, 0.29) is 17.6 Å². The minimum atomic E-state index is -0.242. The van der Waals surface area contributed by atoms with Crippen LogP contribution in [0.25, 0.3) is 10.8 Å². The minimum Gasteiger partial charge on any atom is -0.508 e. The van der Waals surface area contributed by atoms with Gasteiger partial charge in [-0.25, -0.2) is 0 Å².